The molecule has 33 heavy (non-hydrogen) atoms. The van der Waals surface area contributed by atoms with Crippen molar-refractivity contribution >= 4 is 33.8 Å². The van der Waals surface area contributed by atoms with Crippen molar-refractivity contribution in [3.63, 3.8) is 0 Å². The van der Waals surface area contributed by atoms with E-state index in [0.717, 1.165) is 38.4 Å². The molecule has 5 nitrogen and oxygen atoms in total. The number of hydrogen-bond donors (Lipinski definition) is 0. The predicted molar refractivity (Wildman–Crippen MR) is 134 cm³/mol. The lowest BCUT2D eigenvalue weighted by atomic mass is 9.88. The summed E-state index contributed by atoms with van der Waals surface area (Å²) < 4.78 is 2.92. The molecule has 0 atom stereocenters. The molecule has 4 aromatic rings. The normalized spacial score (nSPS) is 17.5. The van der Waals surface area contributed by atoms with Crippen LogP contribution in [-0.2, 0) is 26.1 Å². The average Bonchev–Trinajstić information content (AvgIpc) is 3.42. The molecule has 2 aliphatic rings. The fraction of sp³-hybridized carbons (Fsp3) is 0.423. The molecule has 6 rings (SSSR count). The summed E-state index contributed by atoms with van der Waals surface area (Å²) in [6.07, 6.45) is 13.8. The Morgan fingerprint density at radius 1 is 1.03 bits per heavy atom. The van der Waals surface area contributed by atoms with E-state index in [1.165, 1.54) is 64.7 Å². The highest BCUT2D eigenvalue weighted by Gasteiger charge is 2.23. The number of fused-ring (bicyclic) bond motifs is 2. The van der Waals surface area contributed by atoms with Gasteiger partial charge in [-0.3, -0.25) is 4.90 Å². The number of aromatic nitrogens is 4. The largest absolute Gasteiger partial charge is 0.342 e. The summed E-state index contributed by atoms with van der Waals surface area (Å²) in [4.78, 5) is 17.7. The first kappa shape index (κ1) is 21.3. The van der Waals surface area contributed by atoms with Crippen LogP contribution in [0, 0.1) is 0 Å². The summed E-state index contributed by atoms with van der Waals surface area (Å²) in [5, 5.41) is 1.32. The third-order valence-corrected chi connectivity index (χ3v) is 8.22. The van der Waals surface area contributed by atoms with Crippen LogP contribution in [-0.4, -0.2) is 31.0 Å². The lowest BCUT2D eigenvalue weighted by molar-refractivity contribution is 0.243. The molecule has 0 spiro atoms. The Morgan fingerprint density at radius 2 is 1.91 bits per heavy atom. The zero-order valence-electron chi connectivity index (χ0n) is 18.7. The minimum Gasteiger partial charge on any atom is -0.342 e. The van der Waals surface area contributed by atoms with E-state index in [9.17, 15) is 0 Å². The Bertz CT molecular complexity index is 1270. The molecule has 0 saturated heterocycles. The van der Waals surface area contributed by atoms with Crippen molar-refractivity contribution in [2.45, 2.75) is 64.1 Å². The smallest absolute Gasteiger partial charge is 0.183 e. The number of rotatable bonds is 5. The molecule has 1 aromatic carbocycles. The summed E-state index contributed by atoms with van der Waals surface area (Å²) in [6, 6.07) is 8.68. The Labute approximate surface area is 203 Å². The van der Waals surface area contributed by atoms with Crippen LogP contribution in [0.5, 0.6) is 0 Å². The van der Waals surface area contributed by atoms with Gasteiger partial charge in [-0.2, -0.15) is 0 Å². The van der Waals surface area contributed by atoms with Gasteiger partial charge in [0.15, 0.2) is 4.47 Å². The van der Waals surface area contributed by atoms with Gasteiger partial charge in [0.25, 0.3) is 0 Å². The summed E-state index contributed by atoms with van der Waals surface area (Å²) in [5.41, 5.74) is 5.19. The van der Waals surface area contributed by atoms with Gasteiger partial charge in [-0.1, -0.05) is 49.1 Å². The van der Waals surface area contributed by atoms with E-state index in [2.05, 4.69) is 51.1 Å². The highest BCUT2D eigenvalue weighted by molar-refractivity contribution is 7.15. The Morgan fingerprint density at radius 3 is 2.76 bits per heavy atom. The molecule has 170 valence electrons. The fourth-order valence-electron chi connectivity index (χ4n) is 5.43. The standard InChI is InChI=1S/C26H28ClN5S/c27-26-29-13-21(33-26)17-32-16-20(22-8-4-5-9-24(22)32)15-31-11-10-23-19(14-31)12-28-25(30-23)18-6-2-1-3-7-18/h4-5,8-9,12-13,16,18H,1-3,6-7,10-11,14-15,17H2. The minimum absolute atomic E-state index is 0.571. The van der Waals surface area contributed by atoms with Crippen LogP contribution in [0.2, 0.25) is 4.47 Å². The maximum absolute atomic E-state index is 6.06. The Balaban J connectivity index is 1.21. The molecule has 0 bridgehead atoms. The number of para-hydroxylation sites is 1. The molecule has 0 amide bonds. The van der Waals surface area contributed by atoms with Gasteiger partial charge in [-0.05, 0) is 24.5 Å². The van der Waals surface area contributed by atoms with Crippen LogP contribution in [0.25, 0.3) is 10.9 Å². The Kier molecular flexibility index (Phi) is 5.91. The molecular formula is C26H28ClN5S. The van der Waals surface area contributed by atoms with Crippen molar-refractivity contribution < 1.29 is 0 Å². The molecule has 7 heteroatoms. The summed E-state index contributed by atoms with van der Waals surface area (Å²) in [5.74, 6) is 1.66. The topological polar surface area (TPSA) is 46.8 Å². The second kappa shape index (κ2) is 9.16. The van der Waals surface area contributed by atoms with E-state index in [1.807, 2.05) is 6.20 Å². The van der Waals surface area contributed by atoms with Crippen molar-refractivity contribution in [1.82, 2.24) is 24.4 Å². The summed E-state index contributed by atoms with van der Waals surface area (Å²) >= 11 is 7.60. The minimum atomic E-state index is 0.571. The van der Waals surface area contributed by atoms with Gasteiger partial charge in [-0.25, -0.2) is 15.0 Å². The van der Waals surface area contributed by atoms with E-state index >= 15 is 0 Å². The molecular weight excluding hydrogens is 450 g/mol. The molecule has 1 fully saturated rings. The quantitative estimate of drug-likeness (QED) is 0.343. The molecule has 1 saturated carbocycles. The van der Waals surface area contributed by atoms with Crippen LogP contribution >= 0.6 is 22.9 Å². The highest BCUT2D eigenvalue weighted by atomic mass is 35.5. The van der Waals surface area contributed by atoms with Gasteiger partial charge in [-0.15, -0.1) is 11.3 Å². The average molecular weight is 478 g/mol. The fourth-order valence-corrected chi connectivity index (χ4v) is 6.40. The summed E-state index contributed by atoms with van der Waals surface area (Å²) in [6.45, 7) is 3.69. The van der Waals surface area contributed by atoms with Crippen molar-refractivity contribution in [2.75, 3.05) is 6.54 Å². The third-order valence-electron chi connectivity index (χ3n) is 7.12. The monoisotopic (exact) mass is 477 g/mol. The van der Waals surface area contributed by atoms with E-state index in [1.54, 1.807) is 11.3 Å². The maximum atomic E-state index is 6.06. The van der Waals surface area contributed by atoms with Crippen LogP contribution in [0.3, 0.4) is 0 Å². The van der Waals surface area contributed by atoms with E-state index in [4.69, 9.17) is 21.6 Å². The SMILES string of the molecule is Clc1ncc(Cn2cc(CN3CCc4nc(C5CCCCC5)ncc4C3)c3ccccc32)s1. The second-order valence-electron chi connectivity index (χ2n) is 9.37. The van der Waals surface area contributed by atoms with Gasteiger partial charge in [0.2, 0.25) is 0 Å². The number of nitrogens with zero attached hydrogens (tertiary/aromatic N) is 5. The lowest BCUT2D eigenvalue weighted by Gasteiger charge is -2.29. The number of halogens is 1. The van der Waals surface area contributed by atoms with Gasteiger partial charge in [0, 0.05) is 77.6 Å². The molecule has 3 aromatic heterocycles. The van der Waals surface area contributed by atoms with Crippen molar-refractivity contribution in [3.8, 4) is 0 Å². The molecule has 1 aliphatic carbocycles. The van der Waals surface area contributed by atoms with Gasteiger partial charge >= 0.3 is 0 Å². The maximum Gasteiger partial charge on any atom is 0.183 e. The van der Waals surface area contributed by atoms with Crippen molar-refractivity contribution in [3.05, 3.63) is 74.8 Å². The van der Waals surface area contributed by atoms with Gasteiger partial charge < -0.3 is 4.57 Å². The van der Waals surface area contributed by atoms with E-state index in [0.29, 0.717) is 10.4 Å². The van der Waals surface area contributed by atoms with Crippen LogP contribution in [0.1, 0.15) is 65.5 Å². The van der Waals surface area contributed by atoms with Gasteiger partial charge in [0.1, 0.15) is 5.82 Å². The van der Waals surface area contributed by atoms with Crippen molar-refractivity contribution in [1.29, 1.82) is 0 Å². The first-order chi connectivity index (χ1) is 16.2. The predicted octanol–water partition coefficient (Wildman–Crippen LogP) is 6.20. The second-order valence-corrected chi connectivity index (χ2v) is 11.1. The Hall–Kier alpha value is -2.28. The van der Waals surface area contributed by atoms with Crippen LogP contribution < -0.4 is 0 Å². The van der Waals surface area contributed by atoms with Crippen LogP contribution in [0.15, 0.2) is 42.9 Å². The van der Waals surface area contributed by atoms with Crippen molar-refractivity contribution in [2.24, 2.45) is 0 Å². The molecule has 1 aliphatic heterocycles. The first-order valence-electron chi connectivity index (χ1n) is 12.0. The van der Waals surface area contributed by atoms with Crippen LogP contribution in [0.4, 0.5) is 0 Å². The molecule has 4 heterocycles. The number of thiazole rings is 1. The van der Waals surface area contributed by atoms with E-state index < -0.39 is 0 Å². The zero-order chi connectivity index (χ0) is 22.2. The zero-order valence-corrected chi connectivity index (χ0v) is 20.3. The third kappa shape index (κ3) is 4.44. The first-order valence-corrected chi connectivity index (χ1v) is 13.2. The lowest BCUT2D eigenvalue weighted by Crippen LogP contribution is -2.31. The molecule has 0 radical (unpaired) electrons. The highest BCUT2D eigenvalue weighted by Crippen LogP contribution is 2.32. The number of benzene rings is 1. The molecule has 0 unspecified atom stereocenters. The molecule has 0 N–H and O–H groups in total. The van der Waals surface area contributed by atoms with Gasteiger partial charge in [0.05, 0.1) is 6.54 Å². The summed E-state index contributed by atoms with van der Waals surface area (Å²) in [7, 11) is 0. The number of hydrogen-bond acceptors (Lipinski definition) is 5. The van der Waals surface area contributed by atoms with E-state index in [-0.39, 0.29) is 0 Å².